The summed E-state index contributed by atoms with van der Waals surface area (Å²) >= 11 is 0. The van der Waals surface area contributed by atoms with Gasteiger partial charge in [0.1, 0.15) is 6.33 Å². The maximum absolute atomic E-state index is 5.94. The van der Waals surface area contributed by atoms with E-state index in [-0.39, 0.29) is 6.79 Å². The number of aromatic nitrogens is 3. The van der Waals surface area contributed by atoms with Crippen molar-refractivity contribution in [1.82, 2.24) is 15.1 Å². The van der Waals surface area contributed by atoms with Gasteiger partial charge in [-0.1, -0.05) is 11.2 Å². The van der Waals surface area contributed by atoms with Crippen LogP contribution in [-0.4, -0.2) is 21.9 Å². The molecule has 0 atom stereocenters. The van der Waals surface area contributed by atoms with Crippen LogP contribution in [0.25, 0.3) is 22.5 Å². The molecule has 0 saturated carbocycles. The summed E-state index contributed by atoms with van der Waals surface area (Å²) in [4.78, 5) is 7.96. The minimum Gasteiger partial charge on any atom is -0.454 e. The van der Waals surface area contributed by atoms with Crippen molar-refractivity contribution in [2.45, 2.75) is 0 Å². The summed E-state index contributed by atoms with van der Waals surface area (Å²) in [5.41, 5.74) is 8.16. The minimum atomic E-state index is 0.220. The first kappa shape index (κ1) is 11.7. The molecule has 3 heterocycles. The summed E-state index contributed by atoms with van der Waals surface area (Å²) in [6.45, 7) is 0.220. The Bertz CT molecular complexity index is 801. The predicted octanol–water partition coefficient (Wildman–Crippen LogP) is 2.11. The first-order chi connectivity index (χ1) is 10.3. The van der Waals surface area contributed by atoms with Crippen molar-refractivity contribution in [3.8, 4) is 33.9 Å². The molecule has 7 nitrogen and oxygen atoms in total. The number of ether oxygens (including phenoxy) is 2. The molecule has 4 rings (SSSR count). The lowest BCUT2D eigenvalue weighted by molar-refractivity contribution is 0.174. The Labute approximate surface area is 119 Å². The third-order valence-electron chi connectivity index (χ3n) is 3.20. The molecular weight excluding hydrogens is 272 g/mol. The Morgan fingerprint density at radius 3 is 2.67 bits per heavy atom. The fourth-order valence-corrected chi connectivity index (χ4v) is 2.25. The Morgan fingerprint density at radius 1 is 1.00 bits per heavy atom. The van der Waals surface area contributed by atoms with Crippen LogP contribution in [0.1, 0.15) is 0 Å². The van der Waals surface area contributed by atoms with Crippen LogP contribution in [0.4, 0.5) is 5.82 Å². The average molecular weight is 282 g/mol. The van der Waals surface area contributed by atoms with E-state index in [1.165, 1.54) is 6.33 Å². The second kappa shape index (κ2) is 4.48. The van der Waals surface area contributed by atoms with Crippen LogP contribution in [0.3, 0.4) is 0 Å². The topological polar surface area (TPSA) is 96.3 Å². The average Bonchev–Trinajstić information content (AvgIpc) is 3.13. The molecule has 0 amide bonds. The molecule has 0 spiro atoms. The molecule has 1 aromatic carbocycles. The highest BCUT2D eigenvalue weighted by atomic mass is 16.7. The molecule has 0 unspecified atom stereocenters. The molecule has 0 saturated heterocycles. The monoisotopic (exact) mass is 282 g/mol. The van der Waals surface area contributed by atoms with E-state index in [1.54, 1.807) is 12.4 Å². The van der Waals surface area contributed by atoms with Gasteiger partial charge < -0.3 is 19.7 Å². The van der Waals surface area contributed by atoms with Crippen molar-refractivity contribution in [3.63, 3.8) is 0 Å². The molecule has 0 radical (unpaired) electrons. The first-order valence-corrected chi connectivity index (χ1v) is 6.23. The number of benzene rings is 1. The molecule has 3 aromatic rings. The highest BCUT2D eigenvalue weighted by Crippen LogP contribution is 2.41. The Kier molecular flexibility index (Phi) is 2.50. The molecule has 0 aliphatic carbocycles. The largest absolute Gasteiger partial charge is 0.454 e. The smallest absolute Gasteiger partial charge is 0.231 e. The third kappa shape index (κ3) is 1.86. The van der Waals surface area contributed by atoms with Crippen LogP contribution in [0.5, 0.6) is 11.5 Å². The second-order valence-electron chi connectivity index (χ2n) is 4.47. The number of fused-ring (bicyclic) bond motifs is 1. The Balaban J connectivity index is 1.87. The molecule has 1 aliphatic rings. The molecular formula is C14H10N4O3. The zero-order chi connectivity index (χ0) is 14.2. The lowest BCUT2D eigenvalue weighted by atomic mass is 10.0. The van der Waals surface area contributed by atoms with E-state index in [4.69, 9.17) is 19.7 Å². The number of hydrogen-bond donors (Lipinski definition) is 1. The third-order valence-corrected chi connectivity index (χ3v) is 3.20. The normalized spacial score (nSPS) is 12.6. The molecule has 2 N–H and O–H groups in total. The van der Waals surface area contributed by atoms with Crippen LogP contribution in [0, 0.1) is 0 Å². The fourth-order valence-electron chi connectivity index (χ4n) is 2.25. The lowest BCUT2D eigenvalue weighted by Gasteiger charge is -2.03. The van der Waals surface area contributed by atoms with E-state index in [0.29, 0.717) is 34.2 Å². The van der Waals surface area contributed by atoms with Gasteiger partial charge in [-0.15, -0.1) is 0 Å². The van der Waals surface area contributed by atoms with Crippen LogP contribution in [-0.2, 0) is 0 Å². The van der Waals surface area contributed by atoms with E-state index in [1.807, 2.05) is 18.2 Å². The number of hydrogen-bond acceptors (Lipinski definition) is 7. The van der Waals surface area contributed by atoms with Crippen LogP contribution < -0.4 is 15.2 Å². The van der Waals surface area contributed by atoms with Crippen molar-refractivity contribution in [2.75, 3.05) is 12.5 Å². The standard InChI is InChI=1S/C14H10N4O3/c15-14-12(8-1-2-10-11(3-8)20-7-19-10)13(21-18-14)9-4-16-6-17-5-9/h1-6H,7H2,(H2,15,18). The van der Waals surface area contributed by atoms with Gasteiger partial charge in [-0.3, -0.25) is 0 Å². The van der Waals surface area contributed by atoms with E-state index in [0.717, 1.165) is 5.56 Å². The maximum Gasteiger partial charge on any atom is 0.231 e. The van der Waals surface area contributed by atoms with Crippen LogP contribution >= 0.6 is 0 Å². The van der Waals surface area contributed by atoms with Crippen molar-refractivity contribution in [2.24, 2.45) is 0 Å². The van der Waals surface area contributed by atoms with E-state index in [2.05, 4.69) is 15.1 Å². The molecule has 0 bridgehead atoms. The summed E-state index contributed by atoms with van der Waals surface area (Å²) in [5, 5.41) is 3.84. The van der Waals surface area contributed by atoms with Crippen molar-refractivity contribution >= 4 is 5.82 Å². The van der Waals surface area contributed by atoms with Crippen molar-refractivity contribution < 1.29 is 14.0 Å². The number of nitrogen functional groups attached to an aromatic ring is 1. The summed E-state index contributed by atoms with van der Waals surface area (Å²) in [5.74, 6) is 2.20. The molecule has 1 aliphatic heterocycles. The SMILES string of the molecule is Nc1noc(-c2cncnc2)c1-c1ccc2c(c1)OCO2. The van der Waals surface area contributed by atoms with Gasteiger partial charge in [-0.2, -0.15) is 0 Å². The highest BCUT2D eigenvalue weighted by molar-refractivity contribution is 5.87. The van der Waals surface area contributed by atoms with E-state index in [9.17, 15) is 0 Å². The summed E-state index contributed by atoms with van der Waals surface area (Å²) in [6.07, 6.45) is 4.73. The molecule has 2 aromatic heterocycles. The molecule has 21 heavy (non-hydrogen) atoms. The molecule has 104 valence electrons. The summed E-state index contributed by atoms with van der Waals surface area (Å²) in [6, 6.07) is 5.55. The van der Waals surface area contributed by atoms with Crippen LogP contribution in [0.2, 0.25) is 0 Å². The number of nitrogens with two attached hydrogens (primary N) is 1. The minimum absolute atomic E-state index is 0.220. The summed E-state index contributed by atoms with van der Waals surface area (Å²) < 4.78 is 16.0. The van der Waals surface area contributed by atoms with Crippen LogP contribution in [0.15, 0.2) is 41.4 Å². The Hall–Kier alpha value is -3.09. The van der Waals surface area contributed by atoms with Gasteiger partial charge in [0, 0.05) is 12.4 Å². The Morgan fingerprint density at radius 2 is 1.81 bits per heavy atom. The second-order valence-corrected chi connectivity index (χ2v) is 4.47. The molecule has 0 fully saturated rings. The molecule has 7 heteroatoms. The van der Waals surface area contributed by atoms with Crippen molar-refractivity contribution in [3.05, 3.63) is 36.9 Å². The first-order valence-electron chi connectivity index (χ1n) is 6.23. The number of anilines is 1. The van der Waals surface area contributed by atoms with Gasteiger partial charge >= 0.3 is 0 Å². The fraction of sp³-hybridized carbons (Fsp3) is 0.0714. The highest BCUT2D eigenvalue weighted by Gasteiger charge is 2.21. The maximum atomic E-state index is 5.94. The van der Waals surface area contributed by atoms with E-state index >= 15 is 0 Å². The van der Waals surface area contributed by atoms with Gasteiger partial charge in [0.15, 0.2) is 23.1 Å². The van der Waals surface area contributed by atoms with E-state index < -0.39 is 0 Å². The lowest BCUT2D eigenvalue weighted by Crippen LogP contribution is -1.93. The quantitative estimate of drug-likeness (QED) is 0.768. The van der Waals surface area contributed by atoms with Gasteiger partial charge in [-0.05, 0) is 17.7 Å². The van der Waals surface area contributed by atoms with Gasteiger partial charge in [-0.25, -0.2) is 9.97 Å². The van der Waals surface area contributed by atoms with Gasteiger partial charge in [0.05, 0.1) is 11.1 Å². The zero-order valence-corrected chi connectivity index (χ0v) is 10.8. The zero-order valence-electron chi connectivity index (χ0n) is 10.8. The van der Waals surface area contributed by atoms with Gasteiger partial charge in [0.2, 0.25) is 6.79 Å². The van der Waals surface area contributed by atoms with Gasteiger partial charge in [0.25, 0.3) is 0 Å². The predicted molar refractivity (Wildman–Crippen MR) is 73.5 cm³/mol. The number of nitrogens with zero attached hydrogens (tertiary/aromatic N) is 3. The van der Waals surface area contributed by atoms with Crippen molar-refractivity contribution in [1.29, 1.82) is 0 Å². The summed E-state index contributed by atoms with van der Waals surface area (Å²) in [7, 11) is 0. The number of rotatable bonds is 2.